The average Bonchev–Trinajstić information content (AvgIpc) is 2.58. The van der Waals surface area contributed by atoms with E-state index in [1.807, 2.05) is 0 Å². The molecule has 3 nitrogen and oxygen atoms in total. The minimum atomic E-state index is -0.391. The number of halogens is 4. The third-order valence-corrected chi connectivity index (χ3v) is 5.25. The highest BCUT2D eigenvalue weighted by Gasteiger charge is 2.19. The zero-order chi connectivity index (χ0) is 18.7. The van der Waals surface area contributed by atoms with E-state index in [2.05, 4.69) is 15.1 Å². The quantitative estimate of drug-likeness (QED) is 0.663. The van der Waals surface area contributed by atoms with Crippen LogP contribution in [0.4, 0.5) is 10.1 Å². The molecule has 8 heteroatoms. The first-order chi connectivity index (χ1) is 12.4. The predicted octanol–water partition coefficient (Wildman–Crippen LogP) is 5.30. The number of rotatable bonds is 3. The van der Waals surface area contributed by atoms with Crippen molar-refractivity contribution in [1.29, 1.82) is 0 Å². The molecule has 1 N–H and O–H groups in total. The molecule has 2 aromatic rings. The smallest absolute Gasteiger partial charge is 0.173 e. The third-order valence-electron chi connectivity index (χ3n) is 4.16. The summed E-state index contributed by atoms with van der Waals surface area (Å²) in [6.45, 7) is 4.04. The summed E-state index contributed by atoms with van der Waals surface area (Å²) in [6, 6.07) is 10.1. The average molecular weight is 433 g/mol. The molecule has 1 aliphatic heterocycles. The zero-order valence-corrected chi connectivity index (χ0v) is 16.9. The first kappa shape index (κ1) is 19.6. The van der Waals surface area contributed by atoms with Crippen molar-refractivity contribution in [1.82, 2.24) is 9.80 Å². The number of piperazine rings is 1. The third kappa shape index (κ3) is 5.21. The Balaban J connectivity index is 1.52. The second kappa shape index (κ2) is 8.72. The molecular weight excluding hydrogens is 416 g/mol. The lowest BCUT2D eigenvalue weighted by atomic mass is 10.2. The van der Waals surface area contributed by atoms with Gasteiger partial charge in [-0.1, -0.05) is 40.9 Å². The van der Waals surface area contributed by atoms with E-state index >= 15 is 0 Å². The highest BCUT2D eigenvalue weighted by Crippen LogP contribution is 2.23. The van der Waals surface area contributed by atoms with Crippen molar-refractivity contribution in [3.8, 4) is 0 Å². The molecule has 26 heavy (non-hydrogen) atoms. The van der Waals surface area contributed by atoms with Crippen LogP contribution in [-0.4, -0.2) is 41.1 Å². The summed E-state index contributed by atoms with van der Waals surface area (Å²) in [7, 11) is 0. The molecule has 0 saturated carbocycles. The van der Waals surface area contributed by atoms with Gasteiger partial charge in [0.2, 0.25) is 0 Å². The Morgan fingerprint density at radius 2 is 1.65 bits per heavy atom. The molecule has 138 valence electrons. The van der Waals surface area contributed by atoms with Crippen molar-refractivity contribution in [2.45, 2.75) is 6.54 Å². The minimum absolute atomic E-state index is 0.159. The number of hydrogen-bond donors (Lipinski definition) is 1. The molecule has 0 unspecified atom stereocenters. The van der Waals surface area contributed by atoms with Crippen LogP contribution in [0.3, 0.4) is 0 Å². The maximum Gasteiger partial charge on any atom is 0.173 e. The number of nitrogens with one attached hydrogen (secondary N) is 1. The lowest BCUT2D eigenvalue weighted by molar-refractivity contribution is 0.177. The largest absolute Gasteiger partial charge is 0.346 e. The molecule has 2 aromatic carbocycles. The van der Waals surface area contributed by atoms with Gasteiger partial charge >= 0.3 is 0 Å². The van der Waals surface area contributed by atoms with Crippen molar-refractivity contribution < 1.29 is 4.39 Å². The molecule has 0 bridgehead atoms. The summed E-state index contributed by atoms with van der Waals surface area (Å²) < 4.78 is 13.3. The van der Waals surface area contributed by atoms with Gasteiger partial charge in [-0.05, 0) is 48.1 Å². The Morgan fingerprint density at radius 1 is 1.00 bits per heavy atom. The fraction of sp³-hybridized carbons (Fsp3) is 0.278. The van der Waals surface area contributed by atoms with Crippen LogP contribution in [0.15, 0.2) is 36.4 Å². The monoisotopic (exact) mass is 431 g/mol. The van der Waals surface area contributed by atoms with Crippen LogP contribution in [0.1, 0.15) is 5.56 Å². The van der Waals surface area contributed by atoms with Gasteiger partial charge in [0.1, 0.15) is 5.82 Å². The van der Waals surface area contributed by atoms with E-state index in [-0.39, 0.29) is 5.02 Å². The van der Waals surface area contributed by atoms with E-state index in [4.69, 9.17) is 47.0 Å². The molecule has 0 radical (unpaired) electrons. The second-order valence-corrected chi connectivity index (χ2v) is 7.77. The van der Waals surface area contributed by atoms with E-state index in [1.165, 1.54) is 6.07 Å². The van der Waals surface area contributed by atoms with E-state index in [9.17, 15) is 4.39 Å². The summed E-state index contributed by atoms with van der Waals surface area (Å²) in [6.07, 6.45) is 0. The van der Waals surface area contributed by atoms with Gasteiger partial charge in [-0.25, -0.2) is 4.39 Å². The topological polar surface area (TPSA) is 18.5 Å². The van der Waals surface area contributed by atoms with Crippen LogP contribution in [0, 0.1) is 5.82 Å². The lowest BCUT2D eigenvalue weighted by Gasteiger charge is -2.36. The fourth-order valence-corrected chi connectivity index (χ4v) is 3.86. The molecule has 0 aromatic heterocycles. The van der Waals surface area contributed by atoms with Gasteiger partial charge in [0, 0.05) is 48.5 Å². The zero-order valence-electron chi connectivity index (χ0n) is 13.8. The normalized spacial score (nSPS) is 15.2. The molecule has 3 rings (SSSR count). The maximum absolute atomic E-state index is 13.3. The van der Waals surface area contributed by atoms with Crippen LogP contribution in [0.25, 0.3) is 0 Å². The summed E-state index contributed by atoms with van der Waals surface area (Å²) in [4.78, 5) is 4.40. The summed E-state index contributed by atoms with van der Waals surface area (Å²) in [5.74, 6) is -0.391. The lowest BCUT2D eigenvalue weighted by Crippen LogP contribution is -2.49. The van der Waals surface area contributed by atoms with Gasteiger partial charge in [-0.2, -0.15) is 0 Å². The Hall–Kier alpha value is -1.11. The van der Waals surface area contributed by atoms with Crippen molar-refractivity contribution in [2.75, 3.05) is 31.5 Å². The van der Waals surface area contributed by atoms with E-state index < -0.39 is 5.82 Å². The van der Waals surface area contributed by atoms with E-state index in [1.54, 1.807) is 30.3 Å². The molecule has 0 amide bonds. The van der Waals surface area contributed by atoms with Crippen LogP contribution in [0.2, 0.25) is 15.1 Å². The second-order valence-electron chi connectivity index (χ2n) is 6.10. The Kier molecular flexibility index (Phi) is 6.59. The molecule has 1 aliphatic rings. The Morgan fingerprint density at radius 3 is 2.27 bits per heavy atom. The van der Waals surface area contributed by atoms with Crippen molar-refractivity contribution >= 4 is 57.8 Å². The fourth-order valence-electron chi connectivity index (χ4n) is 2.83. The van der Waals surface area contributed by atoms with Gasteiger partial charge in [0.15, 0.2) is 5.11 Å². The Bertz CT molecular complexity index is 790. The summed E-state index contributed by atoms with van der Waals surface area (Å²) in [5, 5.41) is 5.11. The number of anilines is 1. The van der Waals surface area contributed by atoms with Crippen molar-refractivity contribution in [3.63, 3.8) is 0 Å². The molecule has 1 heterocycles. The first-order valence-corrected chi connectivity index (χ1v) is 9.63. The highest BCUT2D eigenvalue weighted by molar-refractivity contribution is 7.80. The van der Waals surface area contributed by atoms with Gasteiger partial charge in [-0.3, -0.25) is 4.90 Å². The molecule has 1 saturated heterocycles. The SMILES string of the molecule is Fc1ccc(CN2CCN(C(=S)Nc3cc(Cl)cc(Cl)c3)CC2)cc1Cl. The first-order valence-electron chi connectivity index (χ1n) is 8.09. The van der Waals surface area contributed by atoms with E-state index in [0.29, 0.717) is 15.2 Å². The standard InChI is InChI=1S/C18H17Cl3FN3S/c19-13-8-14(20)10-15(9-13)23-18(26)25-5-3-24(4-6-25)11-12-1-2-17(22)16(21)7-12/h1-2,7-10H,3-6,11H2,(H,23,26). The van der Waals surface area contributed by atoms with Crippen LogP contribution in [-0.2, 0) is 6.54 Å². The predicted molar refractivity (Wildman–Crippen MR) is 111 cm³/mol. The molecule has 0 aliphatic carbocycles. The summed E-state index contributed by atoms with van der Waals surface area (Å²) in [5.41, 5.74) is 1.77. The van der Waals surface area contributed by atoms with Crippen molar-refractivity contribution in [3.05, 3.63) is 62.8 Å². The van der Waals surface area contributed by atoms with Crippen LogP contribution in [0.5, 0.6) is 0 Å². The number of benzene rings is 2. The highest BCUT2D eigenvalue weighted by atomic mass is 35.5. The number of thiocarbonyl (C=S) groups is 1. The number of hydrogen-bond acceptors (Lipinski definition) is 2. The maximum atomic E-state index is 13.3. The molecular formula is C18H17Cl3FN3S. The summed E-state index contributed by atoms with van der Waals surface area (Å²) >= 11 is 23.4. The number of nitrogens with zero attached hydrogens (tertiary/aromatic N) is 2. The molecule has 0 atom stereocenters. The van der Waals surface area contributed by atoms with Gasteiger partial charge < -0.3 is 10.2 Å². The van der Waals surface area contributed by atoms with Gasteiger partial charge in [0.05, 0.1) is 5.02 Å². The van der Waals surface area contributed by atoms with Gasteiger partial charge in [-0.15, -0.1) is 0 Å². The van der Waals surface area contributed by atoms with Crippen LogP contribution >= 0.6 is 47.0 Å². The Labute approximate surface area is 172 Å². The molecule has 1 fully saturated rings. The minimum Gasteiger partial charge on any atom is -0.346 e. The van der Waals surface area contributed by atoms with E-state index in [0.717, 1.165) is 44.0 Å². The molecule has 0 spiro atoms. The van der Waals surface area contributed by atoms with Crippen molar-refractivity contribution in [2.24, 2.45) is 0 Å². The van der Waals surface area contributed by atoms with Gasteiger partial charge in [0.25, 0.3) is 0 Å². The van der Waals surface area contributed by atoms with Crippen LogP contribution < -0.4 is 5.32 Å².